The van der Waals surface area contributed by atoms with Crippen molar-refractivity contribution in [1.82, 2.24) is 0 Å². The highest BCUT2D eigenvalue weighted by molar-refractivity contribution is 6.20. The lowest BCUT2D eigenvalue weighted by Gasteiger charge is -2.18. The molecule has 0 aliphatic heterocycles. The molecule has 2 saturated carbocycles. The predicted molar refractivity (Wildman–Crippen MR) is 48.9 cm³/mol. The molecule has 0 heterocycles. The molecular formula is C10H17Cl. The molecule has 2 aliphatic carbocycles. The third-order valence-electron chi connectivity index (χ3n) is 3.21. The quantitative estimate of drug-likeness (QED) is 0.419. The molecule has 2 rings (SSSR count). The second kappa shape index (κ2) is 3.35. The van der Waals surface area contributed by atoms with E-state index in [0.29, 0.717) is 5.38 Å². The van der Waals surface area contributed by atoms with E-state index in [9.17, 15) is 0 Å². The second-order valence-electron chi connectivity index (χ2n) is 4.16. The van der Waals surface area contributed by atoms with E-state index in [2.05, 4.69) is 0 Å². The van der Waals surface area contributed by atoms with Crippen LogP contribution in [0.15, 0.2) is 0 Å². The fourth-order valence-electron chi connectivity index (χ4n) is 2.35. The van der Waals surface area contributed by atoms with Crippen LogP contribution >= 0.6 is 11.6 Å². The van der Waals surface area contributed by atoms with Gasteiger partial charge in [-0.2, -0.15) is 0 Å². The summed E-state index contributed by atoms with van der Waals surface area (Å²) in [4.78, 5) is 0. The average Bonchev–Trinajstić information content (AvgIpc) is 2.74. The number of hydrogen-bond donors (Lipinski definition) is 0. The highest BCUT2D eigenvalue weighted by Crippen LogP contribution is 2.44. The third kappa shape index (κ3) is 1.90. The van der Waals surface area contributed by atoms with Crippen LogP contribution in [0.25, 0.3) is 0 Å². The van der Waals surface area contributed by atoms with E-state index in [1.807, 2.05) is 0 Å². The van der Waals surface area contributed by atoms with Gasteiger partial charge in [-0.15, -0.1) is 11.6 Å². The van der Waals surface area contributed by atoms with Gasteiger partial charge in [0.25, 0.3) is 0 Å². The van der Waals surface area contributed by atoms with Crippen LogP contribution in [-0.2, 0) is 0 Å². The fourth-order valence-corrected chi connectivity index (χ4v) is 2.83. The van der Waals surface area contributed by atoms with Gasteiger partial charge in [0.15, 0.2) is 0 Å². The van der Waals surface area contributed by atoms with Crippen LogP contribution in [0.5, 0.6) is 0 Å². The van der Waals surface area contributed by atoms with E-state index in [1.54, 1.807) is 0 Å². The van der Waals surface area contributed by atoms with E-state index in [1.165, 1.54) is 44.9 Å². The van der Waals surface area contributed by atoms with Crippen molar-refractivity contribution in [2.24, 2.45) is 11.8 Å². The molecule has 64 valence electrons. The van der Waals surface area contributed by atoms with Crippen LogP contribution in [0.1, 0.15) is 44.9 Å². The summed E-state index contributed by atoms with van der Waals surface area (Å²) in [6.07, 6.45) is 9.86. The molecule has 0 spiro atoms. The second-order valence-corrected chi connectivity index (χ2v) is 4.72. The molecular weight excluding hydrogens is 156 g/mol. The normalized spacial score (nSPS) is 40.1. The largest absolute Gasteiger partial charge is 0.123 e. The molecule has 0 aromatic heterocycles. The van der Waals surface area contributed by atoms with Crippen molar-refractivity contribution >= 4 is 11.6 Å². The highest BCUT2D eigenvalue weighted by Gasteiger charge is 2.35. The van der Waals surface area contributed by atoms with Crippen molar-refractivity contribution in [3.8, 4) is 0 Å². The molecule has 2 fully saturated rings. The van der Waals surface area contributed by atoms with Gasteiger partial charge in [-0.25, -0.2) is 0 Å². The minimum absolute atomic E-state index is 0.519. The van der Waals surface area contributed by atoms with E-state index >= 15 is 0 Å². The average molecular weight is 173 g/mol. The molecule has 0 aromatic carbocycles. The summed E-state index contributed by atoms with van der Waals surface area (Å²) in [6, 6.07) is 0. The zero-order valence-corrected chi connectivity index (χ0v) is 7.82. The fraction of sp³-hybridized carbons (Fsp3) is 1.00. The first-order chi connectivity index (χ1) is 5.38. The lowest BCUT2D eigenvalue weighted by molar-refractivity contribution is 0.413. The summed E-state index contributed by atoms with van der Waals surface area (Å²) >= 11 is 6.32. The summed E-state index contributed by atoms with van der Waals surface area (Å²) in [5, 5.41) is 0.519. The van der Waals surface area contributed by atoms with Gasteiger partial charge in [-0.3, -0.25) is 0 Å². The molecule has 11 heavy (non-hydrogen) atoms. The van der Waals surface area contributed by atoms with Crippen LogP contribution in [0.4, 0.5) is 0 Å². The van der Waals surface area contributed by atoms with Crippen LogP contribution in [0.2, 0.25) is 0 Å². The van der Waals surface area contributed by atoms with E-state index in [-0.39, 0.29) is 0 Å². The van der Waals surface area contributed by atoms with E-state index in [0.717, 1.165) is 11.8 Å². The Kier molecular flexibility index (Phi) is 2.41. The summed E-state index contributed by atoms with van der Waals surface area (Å²) in [5.74, 6) is 1.91. The first-order valence-electron chi connectivity index (χ1n) is 5.02. The van der Waals surface area contributed by atoms with Crippen molar-refractivity contribution in [2.75, 3.05) is 0 Å². The van der Waals surface area contributed by atoms with E-state index in [4.69, 9.17) is 11.6 Å². The van der Waals surface area contributed by atoms with Crippen molar-refractivity contribution in [2.45, 2.75) is 50.3 Å². The molecule has 0 bridgehead atoms. The zero-order chi connectivity index (χ0) is 7.68. The Balaban J connectivity index is 1.91. The standard InChI is InChI=1S/C10H17Cl/c11-10-5-3-1-2-4-9(10)8-6-7-8/h8-10H,1-7H2. The third-order valence-corrected chi connectivity index (χ3v) is 3.75. The molecule has 0 amide bonds. The number of halogens is 1. The summed E-state index contributed by atoms with van der Waals surface area (Å²) in [6.45, 7) is 0. The van der Waals surface area contributed by atoms with Crippen LogP contribution < -0.4 is 0 Å². The summed E-state index contributed by atoms with van der Waals surface area (Å²) in [7, 11) is 0. The van der Waals surface area contributed by atoms with Crippen molar-refractivity contribution < 1.29 is 0 Å². The first-order valence-corrected chi connectivity index (χ1v) is 5.45. The smallest absolute Gasteiger partial charge is 0.0366 e. The maximum absolute atomic E-state index is 6.32. The molecule has 0 aromatic rings. The first kappa shape index (κ1) is 7.91. The van der Waals surface area contributed by atoms with Crippen molar-refractivity contribution in [1.29, 1.82) is 0 Å². The van der Waals surface area contributed by atoms with Gasteiger partial charge in [0, 0.05) is 5.38 Å². The summed E-state index contributed by atoms with van der Waals surface area (Å²) < 4.78 is 0. The Morgan fingerprint density at radius 2 is 1.55 bits per heavy atom. The van der Waals surface area contributed by atoms with Crippen LogP contribution in [-0.4, -0.2) is 5.38 Å². The monoisotopic (exact) mass is 172 g/mol. The molecule has 2 atom stereocenters. The Hall–Kier alpha value is 0.290. The Bertz CT molecular complexity index is 129. The molecule has 1 heteroatoms. The SMILES string of the molecule is ClC1CCCCCC1C1CC1. The van der Waals surface area contributed by atoms with Gasteiger partial charge < -0.3 is 0 Å². The molecule has 2 aliphatic rings. The Labute approximate surface area is 74.3 Å². The predicted octanol–water partition coefficient (Wildman–Crippen LogP) is 3.58. The van der Waals surface area contributed by atoms with E-state index < -0.39 is 0 Å². The Morgan fingerprint density at radius 1 is 0.818 bits per heavy atom. The van der Waals surface area contributed by atoms with Crippen molar-refractivity contribution in [3.63, 3.8) is 0 Å². The molecule has 0 saturated heterocycles. The number of hydrogen-bond acceptors (Lipinski definition) is 0. The van der Waals surface area contributed by atoms with Crippen molar-refractivity contribution in [3.05, 3.63) is 0 Å². The topological polar surface area (TPSA) is 0 Å². The summed E-state index contributed by atoms with van der Waals surface area (Å²) in [5.41, 5.74) is 0. The lowest BCUT2D eigenvalue weighted by Crippen LogP contribution is -2.14. The van der Waals surface area contributed by atoms with Gasteiger partial charge in [-0.1, -0.05) is 19.3 Å². The minimum atomic E-state index is 0.519. The maximum atomic E-state index is 6.32. The molecule has 0 radical (unpaired) electrons. The van der Waals surface area contributed by atoms with Gasteiger partial charge in [0.2, 0.25) is 0 Å². The molecule has 0 nitrogen and oxygen atoms in total. The minimum Gasteiger partial charge on any atom is -0.123 e. The van der Waals surface area contributed by atoms with Crippen LogP contribution in [0, 0.1) is 11.8 Å². The molecule has 2 unspecified atom stereocenters. The van der Waals surface area contributed by atoms with Crippen LogP contribution in [0.3, 0.4) is 0 Å². The maximum Gasteiger partial charge on any atom is 0.0366 e. The van der Waals surface area contributed by atoms with Gasteiger partial charge in [-0.05, 0) is 37.5 Å². The van der Waals surface area contributed by atoms with Gasteiger partial charge in [0.05, 0.1) is 0 Å². The molecule has 0 N–H and O–H groups in total. The number of alkyl halides is 1. The van der Waals surface area contributed by atoms with Gasteiger partial charge >= 0.3 is 0 Å². The number of rotatable bonds is 1. The highest BCUT2D eigenvalue weighted by atomic mass is 35.5. The Morgan fingerprint density at radius 3 is 2.27 bits per heavy atom. The lowest BCUT2D eigenvalue weighted by atomic mass is 9.95. The van der Waals surface area contributed by atoms with Gasteiger partial charge in [0.1, 0.15) is 0 Å². The zero-order valence-electron chi connectivity index (χ0n) is 7.06.